The molecule has 1 aliphatic heterocycles. The van der Waals surface area contributed by atoms with Gasteiger partial charge in [-0.2, -0.15) is 5.26 Å². The molecule has 0 aromatic carbocycles. The third-order valence-electron chi connectivity index (χ3n) is 4.09. The van der Waals surface area contributed by atoms with Gasteiger partial charge in [-0.25, -0.2) is 0 Å². The molecule has 1 saturated heterocycles. The van der Waals surface area contributed by atoms with Crippen LogP contribution in [0.15, 0.2) is 0 Å². The lowest BCUT2D eigenvalue weighted by molar-refractivity contribution is -0.0988. The molecule has 1 spiro atoms. The van der Waals surface area contributed by atoms with E-state index in [0.29, 0.717) is 5.41 Å². The van der Waals surface area contributed by atoms with Crippen LogP contribution in [0, 0.1) is 16.7 Å². The first kappa shape index (κ1) is 9.02. The highest BCUT2D eigenvalue weighted by molar-refractivity contribution is 5.12. The largest absolute Gasteiger partial charge is 0.285 e. The molecule has 2 nitrogen and oxygen atoms in total. The molecule has 1 aliphatic carbocycles. The fraction of sp³-hybridized carbons (Fsp3) is 0.909. The van der Waals surface area contributed by atoms with Crippen LogP contribution in [0.5, 0.6) is 0 Å². The minimum Gasteiger partial charge on any atom is -0.285 e. The van der Waals surface area contributed by atoms with E-state index < -0.39 is 0 Å². The average Bonchev–Trinajstić information content (AvgIpc) is 1.99. The van der Waals surface area contributed by atoms with Crippen molar-refractivity contribution >= 4 is 0 Å². The third kappa shape index (κ3) is 1.18. The summed E-state index contributed by atoms with van der Waals surface area (Å²) < 4.78 is 0. The van der Waals surface area contributed by atoms with Gasteiger partial charge in [0.25, 0.3) is 0 Å². The van der Waals surface area contributed by atoms with Gasteiger partial charge in [-0.15, -0.1) is 0 Å². The zero-order valence-corrected chi connectivity index (χ0v) is 8.64. The Labute approximate surface area is 80.5 Å². The maximum atomic E-state index is 9.09. The first-order valence-corrected chi connectivity index (χ1v) is 5.30. The maximum Gasteiger partial charge on any atom is 0.106 e. The highest BCUT2D eigenvalue weighted by atomic mass is 15.3. The molecule has 2 fully saturated rings. The molecular formula is C11H18N2. The number of hydrogen-bond acceptors (Lipinski definition) is 2. The summed E-state index contributed by atoms with van der Waals surface area (Å²) in [6.07, 6.45) is 5.15. The zero-order valence-electron chi connectivity index (χ0n) is 8.64. The molecular weight excluding hydrogens is 160 g/mol. The summed E-state index contributed by atoms with van der Waals surface area (Å²) in [5, 5.41) is 9.09. The molecule has 1 unspecified atom stereocenters. The van der Waals surface area contributed by atoms with Crippen LogP contribution in [-0.2, 0) is 0 Å². The number of likely N-dealkylation sites (tertiary alicyclic amines) is 1. The van der Waals surface area contributed by atoms with Crippen molar-refractivity contribution in [2.24, 2.45) is 5.41 Å². The number of hydrogen-bond donors (Lipinski definition) is 0. The number of rotatable bonds is 2. The summed E-state index contributed by atoms with van der Waals surface area (Å²) in [6.45, 7) is 6.52. The van der Waals surface area contributed by atoms with Crippen molar-refractivity contribution in [1.29, 1.82) is 5.26 Å². The van der Waals surface area contributed by atoms with Crippen LogP contribution in [0.3, 0.4) is 0 Å². The Morgan fingerprint density at radius 3 is 2.38 bits per heavy atom. The Balaban J connectivity index is 1.95. The van der Waals surface area contributed by atoms with Crippen molar-refractivity contribution < 1.29 is 0 Å². The second kappa shape index (κ2) is 2.72. The van der Waals surface area contributed by atoms with Crippen LogP contribution in [0.25, 0.3) is 0 Å². The van der Waals surface area contributed by atoms with Crippen LogP contribution in [-0.4, -0.2) is 23.5 Å². The van der Waals surface area contributed by atoms with Crippen molar-refractivity contribution in [2.75, 3.05) is 13.1 Å². The lowest BCUT2D eigenvalue weighted by Crippen LogP contribution is -2.66. The van der Waals surface area contributed by atoms with E-state index in [1.54, 1.807) is 0 Å². The first-order chi connectivity index (χ1) is 6.14. The van der Waals surface area contributed by atoms with Crippen molar-refractivity contribution in [2.45, 2.75) is 45.1 Å². The summed E-state index contributed by atoms with van der Waals surface area (Å²) in [7, 11) is 0. The average molecular weight is 178 g/mol. The summed E-state index contributed by atoms with van der Waals surface area (Å²) in [5.41, 5.74) is 0.453. The Hall–Kier alpha value is -0.550. The highest BCUT2D eigenvalue weighted by Crippen LogP contribution is 2.50. The van der Waals surface area contributed by atoms with Crippen LogP contribution < -0.4 is 0 Å². The Kier molecular flexibility index (Phi) is 1.89. The Morgan fingerprint density at radius 1 is 1.46 bits per heavy atom. The first-order valence-electron chi connectivity index (χ1n) is 5.30. The summed E-state index contributed by atoms with van der Waals surface area (Å²) in [5.74, 6) is 0. The highest BCUT2D eigenvalue weighted by Gasteiger charge is 2.52. The van der Waals surface area contributed by atoms with Gasteiger partial charge in [0.1, 0.15) is 5.54 Å². The summed E-state index contributed by atoms with van der Waals surface area (Å²) in [6, 6.07) is 2.44. The molecule has 0 bridgehead atoms. The molecule has 2 rings (SSSR count). The molecule has 0 N–H and O–H groups in total. The van der Waals surface area contributed by atoms with Crippen molar-refractivity contribution in [3.8, 4) is 6.07 Å². The minimum absolute atomic E-state index is 0.194. The van der Waals surface area contributed by atoms with E-state index in [0.717, 1.165) is 6.42 Å². The predicted octanol–water partition coefficient (Wildman–Crippen LogP) is 2.16. The predicted molar refractivity (Wildman–Crippen MR) is 52.2 cm³/mol. The van der Waals surface area contributed by atoms with E-state index >= 15 is 0 Å². The molecule has 2 aliphatic rings. The Morgan fingerprint density at radius 2 is 2.08 bits per heavy atom. The lowest BCUT2D eigenvalue weighted by atomic mass is 9.62. The fourth-order valence-electron chi connectivity index (χ4n) is 2.48. The minimum atomic E-state index is -0.194. The van der Waals surface area contributed by atoms with Crippen LogP contribution in [0.4, 0.5) is 0 Å². The van der Waals surface area contributed by atoms with Gasteiger partial charge in [-0.05, 0) is 31.6 Å². The van der Waals surface area contributed by atoms with Gasteiger partial charge in [0.15, 0.2) is 0 Å². The molecule has 0 aromatic rings. The van der Waals surface area contributed by atoms with E-state index in [9.17, 15) is 0 Å². The summed E-state index contributed by atoms with van der Waals surface area (Å²) in [4.78, 5) is 2.35. The van der Waals surface area contributed by atoms with Crippen LogP contribution in [0.1, 0.15) is 39.5 Å². The van der Waals surface area contributed by atoms with Crippen molar-refractivity contribution in [1.82, 2.24) is 4.90 Å². The second-order valence-electron chi connectivity index (χ2n) is 4.95. The smallest absolute Gasteiger partial charge is 0.106 e. The third-order valence-corrected chi connectivity index (χ3v) is 4.09. The SMILES string of the molecule is CCC(C)(C#N)N1CC2(CCC2)C1. The standard InChI is InChI=1S/C11H18N2/c1-3-10(2,7-12)13-8-11(9-13)5-4-6-11/h3-6,8-9H2,1-2H3. The fourth-order valence-corrected chi connectivity index (χ4v) is 2.48. The zero-order chi connectivity index (χ0) is 9.53. The molecule has 1 atom stereocenters. The molecule has 0 amide bonds. The van der Waals surface area contributed by atoms with Crippen molar-refractivity contribution in [3.63, 3.8) is 0 Å². The van der Waals surface area contributed by atoms with Crippen molar-refractivity contribution in [3.05, 3.63) is 0 Å². The van der Waals surface area contributed by atoms with E-state index in [-0.39, 0.29) is 5.54 Å². The van der Waals surface area contributed by atoms with E-state index in [1.165, 1.54) is 32.4 Å². The van der Waals surface area contributed by atoms with Crippen LogP contribution in [0.2, 0.25) is 0 Å². The normalized spacial score (nSPS) is 29.9. The van der Waals surface area contributed by atoms with E-state index in [1.807, 2.05) is 0 Å². The van der Waals surface area contributed by atoms with Gasteiger partial charge < -0.3 is 0 Å². The molecule has 0 radical (unpaired) electrons. The number of nitriles is 1. The molecule has 1 heterocycles. The summed E-state index contributed by atoms with van der Waals surface area (Å²) >= 11 is 0. The van der Waals surface area contributed by atoms with E-state index in [4.69, 9.17) is 5.26 Å². The molecule has 72 valence electrons. The monoisotopic (exact) mass is 178 g/mol. The van der Waals surface area contributed by atoms with E-state index in [2.05, 4.69) is 24.8 Å². The van der Waals surface area contributed by atoms with Crippen LogP contribution >= 0.6 is 0 Å². The molecule has 2 heteroatoms. The topological polar surface area (TPSA) is 27.0 Å². The van der Waals surface area contributed by atoms with Gasteiger partial charge in [-0.3, -0.25) is 4.90 Å². The second-order valence-corrected chi connectivity index (χ2v) is 4.95. The van der Waals surface area contributed by atoms with Gasteiger partial charge in [0, 0.05) is 13.1 Å². The van der Waals surface area contributed by atoms with Gasteiger partial charge >= 0.3 is 0 Å². The quantitative estimate of drug-likeness (QED) is 0.648. The maximum absolute atomic E-state index is 9.09. The lowest BCUT2D eigenvalue weighted by Gasteiger charge is -2.59. The number of nitrogens with zero attached hydrogens (tertiary/aromatic N) is 2. The van der Waals surface area contributed by atoms with Gasteiger partial charge in [0.2, 0.25) is 0 Å². The Bertz CT molecular complexity index is 241. The van der Waals surface area contributed by atoms with Gasteiger partial charge in [0.05, 0.1) is 6.07 Å². The molecule has 0 aromatic heterocycles. The molecule has 1 saturated carbocycles. The molecule has 13 heavy (non-hydrogen) atoms. The van der Waals surface area contributed by atoms with Gasteiger partial charge in [-0.1, -0.05) is 13.3 Å².